The minimum absolute atomic E-state index is 0.0123. The van der Waals surface area contributed by atoms with Crippen molar-refractivity contribution >= 4 is 25.6 Å². The minimum Gasteiger partial charge on any atom is -0.350 e. The van der Waals surface area contributed by atoms with Crippen LogP contribution in [0.15, 0.2) is 23.1 Å². The van der Waals surface area contributed by atoms with Gasteiger partial charge in [-0.25, -0.2) is 8.42 Å². The number of hydrogen-bond acceptors (Lipinski definition) is 3. The summed E-state index contributed by atoms with van der Waals surface area (Å²) in [4.78, 5) is 12.1. The van der Waals surface area contributed by atoms with Gasteiger partial charge in [0.05, 0.1) is 4.90 Å². The Bertz CT molecular complexity index is 623. The molecule has 110 valence electrons. The summed E-state index contributed by atoms with van der Waals surface area (Å²) in [6, 6.07) is 4.62. The molecule has 0 spiro atoms. The Balaban J connectivity index is 2.13. The maximum absolute atomic E-state index is 12.1. The molecule has 1 atom stereocenters. The molecule has 1 unspecified atom stereocenters. The van der Waals surface area contributed by atoms with E-state index in [2.05, 4.69) is 5.32 Å². The maximum atomic E-state index is 12.1. The monoisotopic (exact) mass is 315 g/mol. The average molecular weight is 316 g/mol. The van der Waals surface area contributed by atoms with Crippen molar-refractivity contribution in [1.29, 1.82) is 0 Å². The highest BCUT2D eigenvalue weighted by Crippen LogP contribution is 2.33. The zero-order chi connectivity index (χ0) is 14.9. The minimum atomic E-state index is -3.83. The Kier molecular flexibility index (Phi) is 4.39. The fourth-order valence-corrected chi connectivity index (χ4v) is 3.44. The van der Waals surface area contributed by atoms with E-state index in [1.165, 1.54) is 18.9 Å². The van der Waals surface area contributed by atoms with E-state index >= 15 is 0 Å². The molecule has 0 radical (unpaired) electrons. The summed E-state index contributed by atoms with van der Waals surface area (Å²) >= 11 is 0. The second-order valence-corrected chi connectivity index (χ2v) is 8.01. The quantitative estimate of drug-likeness (QED) is 0.850. The molecule has 1 aromatic carbocycles. The molecular formula is C14H18ClNO3S. The molecule has 1 fully saturated rings. The maximum Gasteiger partial charge on any atom is 0.261 e. The van der Waals surface area contributed by atoms with Crippen molar-refractivity contribution in [3.05, 3.63) is 29.3 Å². The number of carbonyl (C=O) groups is 1. The van der Waals surface area contributed by atoms with Crippen LogP contribution >= 0.6 is 10.7 Å². The van der Waals surface area contributed by atoms with Crippen LogP contribution in [0.3, 0.4) is 0 Å². The molecule has 1 aromatic rings. The Morgan fingerprint density at radius 1 is 1.45 bits per heavy atom. The zero-order valence-electron chi connectivity index (χ0n) is 11.5. The number of halogens is 1. The van der Waals surface area contributed by atoms with E-state index in [0.717, 1.165) is 12.3 Å². The van der Waals surface area contributed by atoms with Crippen LogP contribution < -0.4 is 5.32 Å². The molecule has 0 aliphatic heterocycles. The Hall–Kier alpha value is -1.07. The van der Waals surface area contributed by atoms with Gasteiger partial charge in [0.2, 0.25) is 0 Å². The number of aryl methyl sites for hydroxylation is 1. The van der Waals surface area contributed by atoms with Gasteiger partial charge in [-0.2, -0.15) is 0 Å². The second-order valence-electron chi connectivity index (χ2n) is 5.47. The predicted octanol–water partition coefficient (Wildman–Crippen LogP) is 2.84. The third kappa shape index (κ3) is 3.96. The topological polar surface area (TPSA) is 63.2 Å². The molecule has 4 nitrogen and oxygen atoms in total. The lowest BCUT2D eigenvalue weighted by Gasteiger charge is -2.14. The van der Waals surface area contributed by atoms with Gasteiger partial charge in [0, 0.05) is 22.3 Å². The summed E-state index contributed by atoms with van der Waals surface area (Å²) in [6.45, 7) is 3.61. The predicted molar refractivity (Wildman–Crippen MR) is 78.5 cm³/mol. The standard InChI is InChI=1S/C14H18ClNO3S/c1-9-3-6-12(8-13(9)20(15,18)19)14(17)16-10(2)7-11-4-5-11/h3,6,8,10-11H,4-5,7H2,1-2H3,(H,16,17). The van der Waals surface area contributed by atoms with Gasteiger partial charge in [-0.15, -0.1) is 0 Å². The molecule has 0 aromatic heterocycles. The first-order valence-electron chi connectivity index (χ1n) is 6.63. The largest absolute Gasteiger partial charge is 0.350 e. The van der Waals surface area contributed by atoms with Crippen LogP contribution in [0.25, 0.3) is 0 Å². The summed E-state index contributed by atoms with van der Waals surface area (Å²) in [5.74, 6) is 0.460. The molecule has 0 heterocycles. The fraction of sp³-hybridized carbons (Fsp3) is 0.500. The summed E-state index contributed by atoms with van der Waals surface area (Å²) < 4.78 is 22.9. The highest BCUT2D eigenvalue weighted by molar-refractivity contribution is 8.13. The highest BCUT2D eigenvalue weighted by Gasteiger charge is 2.24. The van der Waals surface area contributed by atoms with E-state index in [1.54, 1.807) is 19.1 Å². The molecule has 0 saturated heterocycles. The SMILES string of the molecule is Cc1ccc(C(=O)NC(C)CC2CC2)cc1S(=O)(=O)Cl. The molecule has 6 heteroatoms. The van der Waals surface area contributed by atoms with Crippen LogP contribution in [-0.4, -0.2) is 20.4 Å². The van der Waals surface area contributed by atoms with Crippen LogP contribution in [0.4, 0.5) is 0 Å². The first kappa shape index (κ1) is 15.3. The number of nitrogens with one attached hydrogen (secondary N) is 1. The fourth-order valence-electron chi connectivity index (χ4n) is 2.22. The number of hydrogen-bond donors (Lipinski definition) is 1. The first-order valence-corrected chi connectivity index (χ1v) is 8.94. The van der Waals surface area contributed by atoms with E-state index in [-0.39, 0.29) is 16.8 Å². The molecule has 1 aliphatic rings. The van der Waals surface area contributed by atoms with E-state index < -0.39 is 9.05 Å². The van der Waals surface area contributed by atoms with E-state index in [9.17, 15) is 13.2 Å². The lowest BCUT2D eigenvalue weighted by atomic mass is 10.1. The van der Waals surface area contributed by atoms with Crippen molar-refractivity contribution in [1.82, 2.24) is 5.32 Å². The van der Waals surface area contributed by atoms with Gasteiger partial charge in [0.1, 0.15) is 0 Å². The van der Waals surface area contributed by atoms with Gasteiger partial charge in [0.15, 0.2) is 0 Å². The summed E-state index contributed by atoms with van der Waals surface area (Å²) in [5, 5.41) is 2.89. The number of rotatable bonds is 5. The van der Waals surface area contributed by atoms with Crippen LogP contribution in [0.2, 0.25) is 0 Å². The van der Waals surface area contributed by atoms with Gasteiger partial charge in [-0.1, -0.05) is 18.9 Å². The van der Waals surface area contributed by atoms with Crippen LogP contribution in [0.1, 0.15) is 42.1 Å². The van der Waals surface area contributed by atoms with E-state index in [1.807, 2.05) is 6.92 Å². The summed E-state index contributed by atoms with van der Waals surface area (Å²) in [6.07, 6.45) is 3.44. The van der Waals surface area contributed by atoms with Crippen molar-refractivity contribution in [2.75, 3.05) is 0 Å². The summed E-state index contributed by atoms with van der Waals surface area (Å²) in [7, 11) is 1.53. The molecule has 2 rings (SSSR count). The van der Waals surface area contributed by atoms with Crippen molar-refractivity contribution < 1.29 is 13.2 Å². The first-order chi connectivity index (χ1) is 9.27. The van der Waals surface area contributed by atoms with E-state index in [0.29, 0.717) is 11.1 Å². The van der Waals surface area contributed by atoms with Crippen molar-refractivity contribution in [3.8, 4) is 0 Å². The van der Waals surface area contributed by atoms with Gasteiger partial charge in [-0.3, -0.25) is 4.79 Å². The molecule has 1 saturated carbocycles. The van der Waals surface area contributed by atoms with Crippen LogP contribution in [0, 0.1) is 12.8 Å². The van der Waals surface area contributed by atoms with E-state index in [4.69, 9.17) is 10.7 Å². The van der Waals surface area contributed by atoms with Gasteiger partial charge in [-0.05, 0) is 43.9 Å². The lowest BCUT2D eigenvalue weighted by Crippen LogP contribution is -2.33. The third-order valence-corrected chi connectivity index (χ3v) is 4.94. The third-order valence-electron chi connectivity index (χ3n) is 3.47. The van der Waals surface area contributed by atoms with Crippen molar-refractivity contribution in [2.45, 2.75) is 44.0 Å². The molecule has 1 aliphatic carbocycles. The van der Waals surface area contributed by atoms with Crippen molar-refractivity contribution in [3.63, 3.8) is 0 Å². The lowest BCUT2D eigenvalue weighted by molar-refractivity contribution is 0.0937. The van der Waals surface area contributed by atoms with Gasteiger partial charge in [0.25, 0.3) is 15.0 Å². The molecule has 1 amide bonds. The smallest absolute Gasteiger partial charge is 0.261 e. The Morgan fingerprint density at radius 3 is 2.65 bits per heavy atom. The van der Waals surface area contributed by atoms with Gasteiger partial charge < -0.3 is 5.32 Å². The molecular weight excluding hydrogens is 298 g/mol. The highest BCUT2D eigenvalue weighted by atomic mass is 35.7. The van der Waals surface area contributed by atoms with Crippen molar-refractivity contribution in [2.24, 2.45) is 5.92 Å². The van der Waals surface area contributed by atoms with Crippen LogP contribution in [0.5, 0.6) is 0 Å². The zero-order valence-corrected chi connectivity index (χ0v) is 13.1. The van der Waals surface area contributed by atoms with Crippen LogP contribution in [-0.2, 0) is 9.05 Å². The summed E-state index contributed by atoms with van der Waals surface area (Å²) in [5.41, 5.74) is 0.847. The Morgan fingerprint density at radius 2 is 2.10 bits per heavy atom. The van der Waals surface area contributed by atoms with Gasteiger partial charge >= 0.3 is 0 Å². The molecule has 0 bridgehead atoms. The molecule has 1 N–H and O–H groups in total. The molecule has 20 heavy (non-hydrogen) atoms. The second kappa shape index (κ2) is 5.74. The Labute approximate surface area is 123 Å². The number of amides is 1. The average Bonchev–Trinajstić information content (AvgIpc) is 3.11. The normalized spacial score (nSPS) is 16.8. The number of carbonyl (C=O) groups excluding carboxylic acids is 1. The number of benzene rings is 1.